The third-order valence-corrected chi connectivity index (χ3v) is 2.33. The summed E-state index contributed by atoms with van der Waals surface area (Å²) >= 11 is 0. The molecule has 0 heterocycles. The van der Waals surface area contributed by atoms with Crippen molar-refractivity contribution in [1.82, 2.24) is 0 Å². The third kappa shape index (κ3) is 14.8. The highest BCUT2D eigenvalue weighted by atomic mass is 13.9. The molecule has 0 unspecified atom stereocenters. The van der Waals surface area contributed by atoms with Gasteiger partial charge in [0.25, 0.3) is 0 Å². The number of rotatable bonds is 0. The summed E-state index contributed by atoms with van der Waals surface area (Å²) in [5.74, 6) is 0. The molecule has 0 heteroatoms. The van der Waals surface area contributed by atoms with E-state index in [0.717, 1.165) is 0 Å². The van der Waals surface area contributed by atoms with Gasteiger partial charge >= 0.3 is 0 Å². The summed E-state index contributed by atoms with van der Waals surface area (Å²) in [5.41, 5.74) is 0. The molecule has 0 fully saturated rings. The van der Waals surface area contributed by atoms with Crippen LogP contribution in [0.2, 0.25) is 0 Å². The maximum Gasteiger partial charge on any atom is -0.0184 e. The SMILES string of the molecule is CC.CC.CC.CC.c1ccc2ccccc2c1.c1ccccc1. The Morgan fingerprint density at radius 3 is 0.625 bits per heavy atom. The largest absolute Gasteiger partial charge is 0.0683 e. The molecular formula is C24H38. The van der Waals surface area contributed by atoms with Crippen LogP contribution in [0.1, 0.15) is 55.4 Å². The van der Waals surface area contributed by atoms with Gasteiger partial charge in [0.1, 0.15) is 0 Å². The molecule has 0 aliphatic heterocycles. The number of benzene rings is 3. The van der Waals surface area contributed by atoms with E-state index in [-0.39, 0.29) is 0 Å². The van der Waals surface area contributed by atoms with Crippen LogP contribution in [-0.2, 0) is 0 Å². The van der Waals surface area contributed by atoms with Crippen molar-refractivity contribution in [2.75, 3.05) is 0 Å². The minimum atomic E-state index is 1.31. The summed E-state index contributed by atoms with van der Waals surface area (Å²) in [6, 6.07) is 28.7. The van der Waals surface area contributed by atoms with E-state index < -0.39 is 0 Å². The molecule has 0 bridgehead atoms. The highest BCUT2D eigenvalue weighted by molar-refractivity contribution is 5.81. The molecule has 0 nitrogen and oxygen atoms in total. The Labute approximate surface area is 151 Å². The maximum absolute atomic E-state index is 2.12. The van der Waals surface area contributed by atoms with Crippen LogP contribution >= 0.6 is 0 Å². The maximum atomic E-state index is 2.12. The summed E-state index contributed by atoms with van der Waals surface area (Å²) in [5, 5.41) is 2.62. The van der Waals surface area contributed by atoms with Gasteiger partial charge in [-0.15, -0.1) is 0 Å². The van der Waals surface area contributed by atoms with E-state index in [4.69, 9.17) is 0 Å². The predicted octanol–water partition coefficient (Wildman–Crippen LogP) is 8.63. The summed E-state index contributed by atoms with van der Waals surface area (Å²) in [6.45, 7) is 16.0. The molecule has 0 atom stereocenters. The van der Waals surface area contributed by atoms with E-state index in [0.29, 0.717) is 0 Å². The van der Waals surface area contributed by atoms with Gasteiger partial charge < -0.3 is 0 Å². The van der Waals surface area contributed by atoms with Gasteiger partial charge in [-0.1, -0.05) is 140 Å². The van der Waals surface area contributed by atoms with Crippen LogP contribution in [0, 0.1) is 0 Å². The third-order valence-electron chi connectivity index (χ3n) is 2.33. The second-order valence-corrected chi connectivity index (χ2v) is 3.50. The van der Waals surface area contributed by atoms with Crippen molar-refractivity contribution in [2.45, 2.75) is 55.4 Å². The number of hydrogen-bond donors (Lipinski definition) is 0. The second-order valence-electron chi connectivity index (χ2n) is 3.50. The van der Waals surface area contributed by atoms with Crippen molar-refractivity contribution >= 4 is 10.8 Å². The number of hydrogen-bond acceptors (Lipinski definition) is 0. The predicted molar refractivity (Wildman–Crippen MR) is 116 cm³/mol. The Hall–Kier alpha value is -2.08. The molecule has 0 aromatic heterocycles. The van der Waals surface area contributed by atoms with Crippen LogP contribution in [0.3, 0.4) is 0 Å². The zero-order chi connectivity index (χ0) is 19.1. The Kier molecular flexibility index (Phi) is 28.9. The van der Waals surface area contributed by atoms with Gasteiger partial charge in [0.15, 0.2) is 0 Å². The summed E-state index contributed by atoms with van der Waals surface area (Å²) in [7, 11) is 0. The van der Waals surface area contributed by atoms with E-state index in [1.54, 1.807) is 0 Å². The lowest BCUT2D eigenvalue weighted by Gasteiger charge is -1.92. The Bertz CT molecular complexity index is 434. The standard InChI is InChI=1S/C10H8.C6H6.4C2H6/c1-2-6-10-8-4-3-7-9(10)5-1;1-2-4-6-5-3-1;4*1-2/h1-8H;1-6H;4*1-2H3. The van der Waals surface area contributed by atoms with Gasteiger partial charge in [-0.25, -0.2) is 0 Å². The average Bonchev–Trinajstić information content (AvgIpc) is 2.76. The molecule has 0 aliphatic carbocycles. The van der Waals surface area contributed by atoms with Crippen molar-refractivity contribution in [1.29, 1.82) is 0 Å². The van der Waals surface area contributed by atoms with Crippen molar-refractivity contribution in [3.05, 3.63) is 84.9 Å². The van der Waals surface area contributed by atoms with E-state index in [9.17, 15) is 0 Å². The molecule has 3 aromatic carbocycles. The van der Waals surface area contributed by atoms with Gasteiger partial charge in [-0.05, 0) is 10.8 Å². The minimum Gasteiger partial charge on any atom is -0.0683 e. The Morgan fingerprint density at radius 1 is 0.292 bits per heavy atom. The molecular weight excluding hydrogens is 288 g/mol. The summed E-state index contributed by atoms with van der Waals surface area (Å²) < 4.78 is 0. The van der Waals surface area contributed by atoms with Crippen LogP contribution in [0.25, 0.3) is 10.8 Å². The molecule has 24 heavy (non-hydrogen) atoms. The van der Waals surface area contributed by atoms with Gasteiger partial charge in [0, 0.05) is 0 Å². The lowest BCUT2D eigenvalue weighted by molar-refractivity contribution is 1.50. The minimum absolute atomic E-state index is 1.31. The monoisotopic (exact) mass is 326 g/mol. The first kappa shape index (κ1) is 26.8. The topological polar surface area (TPSA) is 0 Å². The first-order valence-corrected chi connectivity index (χ1v) is 9.40. The normalized spacial score (nSPS) is 7.17. The van der Waals surface area contributed by atoms with E-state index >= 15 is 0 Å². The highest BCUT2D eigenvalue weighted by Crippen LogP contribution is 2.11. The van der Waals surface area contributed by atoms with Gasteiger partial charge in [0.05, 0.1) is 0 Å². The van der Waals surface area contributed by atoms with Gasteiger partial charge in [0.2, 0.25) is 0 Å². The molecule has 134 valence electrons. The molecule has 0 amide bonds. The van der Waals surface area contributed by atoms with E-state index in [2.05, 4.69) is 48.5 Å². The highest BCUT2D eigenvalue weighted by Gasteiger charge is 1.85. The zero-order valence-electron chi connectivity index (χ0n) is 17.1. The van der Waals surface area contributed by atoms with Crippen molar-refractivity contribution in [3.8, 4) is 0 Å². The number of fused-ring (bicyclic) bond motifs is 1. The van der Waals surface area contributed by atoms with Crippen molar-refractivity contribution in [3.63, 3.8) is 0 Å². The fraction of sp³-hybridized carbons (Fsp3) is 0.333. The molecule has 3 aromatic rings. The molecule has 0 spiro atoms. The molecule has 0 N–H and O–H groups in total. The second kappa shape index (κ2) is 25.9. The summed E-state index contributed by atoms with van der Waals surface area (Å²) in [4.78, 5) is 0. The smallest absolute Gasteiger partial charge is 0.0184 e. The Balaban J connectivity index is -0.000000273. The molecule has 0 saturated carbocycles. The van der Waals surface area contributed by atoms with Crippen LogP contribution < -0.4 is 0 Å². The molecule has 0 radical (unpaired) electrons. The molecule has 3 rings (SSSR count). The van der Waals surface area contributed by atoms with E-state index in [1.807, 2.05) is 91.8 Å². The zero-order valence-corrected chi connectivity index (χ0v) is 17.1. The van der Waals surface area contributed by atoms with Crippen molar-refractivity contribution < 1.29 is 0 Å². The fourth-order valence-electron chi connectivity index (χ4n) is 1.52. The lowest BCUT2D eigenvalue weighted by Crippen LogP contribution is -1.67. The quantitative estimate of drug-likeness (QED) is 0.388. The van der Waals surface area contributed by atoms with Crippen LogP contribution in [-0.4, -0.2) is 0 Å². The van der Waals surface area contributed by atoms with Crippen LogP contribution in [0.4, 0.5) is 0 Å². The molecule has 0 aliphatic rings. The lowest BCUT2D eigenvalue weighted by atomic mass is 10.1. The fourth-order valence-corrected chi connectivity index (χ4v) is 1.52. The van der Waals surface area contributed by atoms with Gasteiger partial charge in [-0.2, -0.15) is 0 Å². The van der Waals surface area contributed by atoms with E-state index in [1.165, 1.54) is 10.8 Å². The first-order chi connectivity index (χ1) is 12.0. The van der Waals surface area contributed by atoms with Crippen molar-refractivity contribution in [2.24, 2.45) is 0 Å². The van der Waals surface area contributed by atoms with Gasteiger partial charge in [-0.3, -0.25) is 0 Å². The molecule has 0 saturated heterocycles. The first-order valence-electron chi connectivity index (χ1n) is 9.40. The Morgan fingerprint density at radius 2 is 0.458 bits per heavy atom. The summed E-state index contributed by atoms with van der Waals surface area (Å²) in [6.07, 6.45) is 0. The van der Waals surface area contributed by atoms with Crippen LogP contribution in [0.5, 0.6) is 0 Å². The average molecular weight is 327 g/mol. The van der Waals surface area contributed by atoms with Crippen LogP contribution in [0.15, 0.2) is 84.9 Å².